The van der Waals surface area contributed by atoms with Gasteiger partial charge in [-0.3, -0.25) is 4.90 Å². The molecule has 0 amide bonds. The zero-order valence-corrected chi connectivity index (χ0v) is 13.4. The van der Waals surface area contributed by atoms with E-state index in [1.54, 1.807) is 0 Å². The van der Waals surface area contributed by atoms with Crippen LogP contribution in [0.3, 0.4) is 0 Å². The Hall–Kier alpha value is -1.65. The Morgan fingerprint density at radius 2 is 1.95 bits per heavy atom. The Balaban J connectivity index is 1.69. The van der Waals surface area contributed by atoms with E-state index in [-0.39, 0.29) is 0 Å². The smallest absolute Gasteiger partial charge is 0.0769 e. The molecule has 0 spiro atoms. The maximum Gasteiger partial charge on any atom is 0.0769 e. The number of piperidine rings is 1. The first-order chi connectivity index (χ1) is 10.9. The number of para-hydroxylation sites is 1. The summed E-state index contributed by atoms with van der Waals surface area (Å²) in [7, 11) is 0. The maximum atomic E-state index is 4.76. The molecule has 3 rings (SSSR count). The highest BCUT2D eigenvalue weighted by atomic mass is 15.3. The van der Waals surface area contributed by atoms with Crippen LogP contribution in [0.15, 0.2) is 42.6 Å². The molecule has 4 heteroatoms. The molecule has 0 radical (unpaired) electrons. The third kappa shape index (κ3) is 3.76. The van der Waals surface area contributed by atoms with Gasteiger partial charge in [0.2, 0.25) is 0 Å². The summed E-state index contributed by atoms with van der Waals surface area (Å²) in [5, 5.41) is 8.21. The van der Waals surface area contributed by atoms with Crippen molar-refractivity contribution in [3.63, 3.8) is 0 Å². The second-order valence-electron chi connectivity index (χ2n) is 6.04. The van der Waals surface area contributed by atoms with Gasteiger partial charge in [0.25, 0.3) is 0 Å². The number of hydrogen-bond donors (Lipinski definition) is 1. The zero-order valence-electron chi connectivity index (χ0n) is 13.4. The molecule has 1 N–H and O–H groups in total. The molecular weight excluding hydrogens is 272 g/mol. The molecule has 1 aromatic heterocycles. The minimum atomic E-state index is 0.697. The topological polar surface area (TPSA) is 33.1 Å². The average molecular weight is 298 g/mol. The molecule has 1 aromatic carbocycles. The molecule has 1 aliphatic heterocycles. The molecule has 0 unspecified atom stereocenters. The van der Waals surface area contributed by atoms with Crippen LogP contribution in [-0.4, -0.2) is 40.4 Å². The van der Waals surface area contributed by atoms with E-state index in [1.807, 2.05) is 10.7 Å². The largest absolute Gasteiger partial charge is 0.317 e. The van der Waals surface area contributed by atoms with Gasteiger partial charge >= 0.3 is 0 Å². The third-order valence-electron chi connectivity index (χ3n) is 4.37. The van der Waals surface area contributed by atoms with E-state index in [4.69, 9.17) is 5.10 Å². The Bertz CT molecular complexity index is 557. The molecule has 0 bridgehead atoms. The molecule has 4 nitrogen and oxygen atoms in total. The fourth-order valence-electron chi connectivity index (χ4n) is 3.23. The molecule has 1 saturated heterocycles. The van der Waals surface area contributed by atoms with Crippen molar-refractivity contribution < 1.29 is 0 Å². The Kier molecular flexibility index (Phi) is 5.24. The lowest BCUT2D eigenvalue weighted by Crippen LogP contribution is -2.43. The van der Waals surface area contributed by atoms with Gasteiger partial charge in [-0.05, 0) is 57.1 Å². The van der Waals surface area contributed by atoms with Crippen LogP contribution in [0.5, 0.6) is 0 Å². The van der Waals surface area contributed by atoms with Gasteiger partial charge in [0.15, 0.2) is 0 Å². The van der Waals surface area contributed by atoms with Gasteiger partial charge in [0, 0.05) is 18.8 Å². The normalized spacial score (nSPS) is 16.3. The molecule has 0 atom stereocenters. The second kappa shape index (κ2) is 7.56. The van der Waals surface area contributed by atoms with E-state index >= 15 is 0 Å². The van der Waals surface area contributed by atoms with Gasteiger partial charge in [-0.2, -0.15) is 5.10 Å². The number of benzene rings is 1. The predicted molar refractivity (Wildman–Crippen MR) is 90.2 cm³/mol. The minimum absolute atomic E-state index is 0.697. The van der Waals surface area contributed by atoms with Crippen molar-refractivity contribution in [3.8, 4) is 5.69 Å². The first-order valence-electron chi connectivity index (χ1n) is 8.41. The number of aromatic nitrogens is 2. The van der Waals surface area contributed by atoms with Crippen molar-refractivity contribution in [3.05, 3.63) is 48.3 Å². The molecule has 118 valence electrons. The van der Waals surface area contributed by atoms with Gasteiger partial charge < -0.3 is 5.32 Å². The summed E-state index contributed by atoms with van der Waals surface area (Å²) in [5.74, 6) is 0. The van der Waals surface area contributed by atoms with E-state index in [1.165, 1.54) is 19.3 Å². The van der Waals surface area contributed by atoms with Gasteiger partial charge in [-0.15, -0.1) is 0 Å². The molecule has 0 saturated carbocycles. The number of rotatable bonds is 6. The summed E-state index contributed by atoms with van der Waals surface area (Å²) in [6, 6.07) is 13.2. The van der Waals surface area contributed by atoms with E-state index < -0.39 is 0 Å². The van der Waals surface area contributed by atoms with Crippen LogP contribution in [0.25, 0.3) is 5.69 Å². The van der Waals surface area contributed by atoms with Gasteiger partial charge in [-0.25, -0.2) is 4.68 Å². The highest BCUT2D eigenvalue weighted by Crippen LogP contribution is 2.16. The molecule has 1 aliphatic rings. The monoisotopic (exact) mass is 298 g/mol. The predicted octanol–water partition coefficient (Wildman–Crippen LogP) is 2.84. The van der Waals surface area contributed by atoms with Gasteiger partial charge in [-0.1, -0.05) is 25.1 Å². The van der Waals surface area contributed by atoms with E-state index in [2.05, 4.69) is 53.7 Å². The summed E-state index contributed by atoms with van der Waals surface area (Å²) in [6.07, 6.45) is 5.76. The summed E-state index contributed by atoms with van der Waals surface area (Å²) in [5.41, 5.74) is 2.29. The molecule has 1 fully saturated rings. The lowest BCUT2D eigenvalue weighted by atomic mass is 10.0. The summed E-state index contributed by atoms with van der Waals surface area (Å²) >= 11 is 0. The van der Waals surface area contributed by atoms with E-state index in [0.717, 1.165) is 37.6 Å². The first-order valence-corrected chi connectivity index (χ1v) is 8.41. The summed E-state index contributed by atoms with van der Waals surface area (Å²) in [4.78, 5) is 2.61. The SMILES string of the molecule is CCCN(Cc1ccn(-c2ccccc2)n1)C1CCNCC1. The quantitative estimate of drug-likeness (QED) is 0.890. The molecule has 2 heterocycles. The highest BCUT2D eigenvalue weighted by Gasteiger charge is 2.21. The molecular formula is C18H26N4. The second-order valence-corrected chi connectivity index (χ2v) is 6.04. The summed E-state index contributed by atoms with van der Waals surface area (Å²) in [6.45, 7) is 6.66. The van der Waals surface area contributed by atoms with Crippen LogP contribution < -0.4 is 5.32 Å². The highest BCUT2D eigenvalue weighted by molar-refractivity contribution is 5.30. The van der Waals surface area contributed by atoms with Crippen LogP contribution in [0.1, 0.15) is 31.9 Å². The van der Waals surface area contributed by atoms with Crippen molar-refractivity contribution in [1.82, 2.24) is 20.0 Å². The van der Waals surface area contributed by atoms with E-state index in [0.29, 0.717) is 6.04 Å². The van der Waals surface area contributed by atoms with Gasteiger partial charge in [0.05, 0.1) is 11.4 Å². The van der Waals surface area contributed by atoms with Crippen LogP contribution in [0.4, 0.5) is 0 Å². The Labute approximate surface area is 133 Å². The van der Waals surface area contributed by atoms with E-state index in [9.17, 15) is 0 Å². The van der Waals surface area contributed by atoms with Crippen molar-refractivity contribution in [2.24, 2.45) is 0 Å². The zero-order chi connectivity index (χ0) is 15.2. The van der Waals surface area contributed by atoms with Gasteiger partial charge in [0.1, 0.15) is 0 Å². The molecule has 0 aliphatic carbocycles. The number of nitrogens with one attached hydrogen (secondary N) is 1. The molecule has 2 aromatic rings. The lowest BCUT2D eigenvalue weighted by Gasteiger charge is -2.34. The Morgan fingerprint density at radius 1 is 1.18 bits per heavy atom. The Morgan fingerprint density at radius 3 is 2.68 bits per heavy atom. The first kappa shape index (κ1) is 15.3. The number of hydrogen-bond acceptors (Lipinski definition) is 3. The van der Waals surface area contributed by atoms with Crippen molar-refractivity contribution in [1.29, 1.82) is 0 Å². The van der Waals surface area contributed by atoms with Crippen LogP contribution in [0.2, 0.25) is 0 Å². The van der Waals surface area contributed by atoms with Crippen molar-refractivity contribution >= 4 is 0 Å². The minimum Gasteiger partial charge on any atom is -0.317 e. The van der Waals surface area contributed by atoms with Crippen LogP contribution >= 0.6 is 0 Å². The van der Waals surface area contributed by atoms with Crippen LogP contribution in [-0.2, 0) is 6.54 Å². The maximum absolute atomic E-state index is 4.76. The average Bonchev–Trinajstić information content (AvgIpc) is 3.05. The standard InChI is InChI=1S/C18H26N4/c1-2-13-21(17-8-11-19-12-9-17)15-16-10-14-22(20-16)18-6-4-3-5-7-18/h3-7,10,14,17,19H,2,8-9,11-13,15H2,1H3. The fourth-order valence-corrected chi connectivity index (χ4v) is 3.23. The van der Waals surface area contributed by atoms with Crippen molar-refractivity contribution in [2.75, 3.05) is 19.6 Å². The van der Waals surface area contributed by atoms with Crippen molar-refractivity contribution in [2.45, 2.75) is 38.8 Å². The molecule has 22 heavy (non-hydrogen) atoms. The lowest BCUT2D eigenvalue weighted by molar-refractivity contribution is 0.152. The number of nitrogens with zero attached hydrogens (tertiary/aromatic N) is 3. The summed E-state index contributed by atoms with van der Waals surface area (Å²) < 4.78 is 1.97. The van der Waals surface area contributed by atoms with Crippen LogP contribution in [0, 0.1) is 0 Å². The fraction of sp³-hybridized carbons (Fsp3) is 0.500. The third-order valence-corrected chi connectivity index (χ3v) is 4.37.